The molecule has 0 saturated carbocycles. The number of aryl methyl sites for hydroxylation is 1. The molecule has 11 heteroatoms. The lowest BCUT2D eigenvalue weighted by molar-refractivity contribution is 0.104. The van der Waals surface area contributed by atoms with Crippen LogP contribution in [0.25, 0.3) is 21.5 Å². The van der Waals surface area contributed by atoms with Gasteiger partial charge >= 0.3 is 0 Å². The molecule has 5 aromatic rings. The minimum absolute atomic E-state index is 0.0187. The van der Waals surface area contributed by atoms with E-state index in [9.17, 15) is 13.2 Å². The Morgan fingerprint density at radius 1 is 1.06 bits per heavy atom. The first-order valence-electron chi connectivity index (χ1n) is 10.7. The van der Waals surface area contributed by atoms with Crippen LogP contribution in [-0.4, -0.2) is 31.5 Å². The normalized spacial score (nSPS) is 11.5. The predicted molar refractivity (Wildman–Crippen MR) is 138 cm³/mol. The third kappa shape index (κ3) is 4.41. The van der Waals surface area contributed by atoms with Crippen LogP contribution in [-0.2, 0) is 10.0 Å². The van der Waals surface area contributed by atoms with Crippen LogP contribution >= 0.6 is 11.3 Å². The summed E-state index contributed by atoms with van der Waals surface area (Å²) in [5, 5.41) is 4.32. The molecule has 3 heterocycles. The highest BCUT2D eigenvalue weighted by molar-refractivity contribution is 7.92. The Balaban J connectivity index is 1.41. The van der Waals surface area contributed by atoms with E-state index in [0.717, 1.165) is 17.0 Å². The molecule has 0 aliphatic rings. The average Bonchev–Trinajstić information content (AvgIpc) is 3.45. The number of sulfonamides is 1. The van der Waals surface area contributed by atoms with Crippen molar-refractivity contribution < 1.29 is 22.5 Å². The number of carbonyl (C=O) groups is 1. The highest BCUT2D eigenvalue weighted by Gasteiger charge is 2.21. The molecule has 0 bridgehead atoms. The smallest absolute Gasteiger partial charge is 0.263 e. The van der Waals surface area contributed by atoms with E-state index in [4.69, 9.17) is 20.0 Å². The zero-order chi connectivity index (χ0) is 25.4. The average molecular weight is 521 g/mol. The van der Waals surface area contributed by atoms with E-state index in [-0.39, 0.29) is 16.5 Å². The second-order valence-electron chi connectivity index (χ2n) is 7.90. The molecule has 0 atom stereocenters. The van der Waals surface area contributed by atoms with E-state index in [1.807, 2.05) is 36.4 Å². The van der Waals surface area contributed by atoms with E-state index in [0.29, 0.717) is 32.1 Å². The minimum atomic E-state index is -3.90. The van der Waals surface area contributed by atoms with Crippen molar-refractivity contribution in [1.82, 2.24) is 10.1 Å². The number of methoxy groups -OCH3 is 1. The van der Waals surface area contributed by atoms with Crippen LogP contribution in [0.2, 0.25) is 0 Å². The number of fused-ring (bicyclic) bond motifs is 1. The Bertz CT molecular complexity index is 1690. The van der Waals surface area contributed by atoms with Gasteiger partial charge in [-0.25, -0.2) is 13.4 Å². The van der Waals surface area contributed by atoms with Crippen LogP contribution in [0.3, 0.4) is 0 Å². The van der Waals surface area contributed by atoms with Gasteiger partial charge in [0.15, 0.2) is 5.82 Å². The SMILES string of the molecule is COc1ccc(-c2ccc3c(N)c(C(=O)c4ccc(S(=O)(=O)Nc5cc(C)on5)cc4)sc3n2)cc1. The van der Waals surface area contributed by atoms with E-state index >= 15 is 0 Å². The first kappa shape index (κ1) is 23.5. The number of nitrogen functional groups attached to an aromatic ring is 1. The summed E-state index contributed by atoms with van der Waals surface area (Å²) in [7, 11) is -2.29. The Labute approximate surface area is 210 Å². The molecule has 9 nitrogen and oxygen atoms in total. The maximum absolute atomic E-state index is 13.2. The largest absolute Gasteiger partial charge is 0.497 e. The number of ether oxygens (including phenoxy) is 1. The van der Waals surface area contributed by atoms with E-state index in [1.54, 1.807) is 14.0 Å². The number of carbonyl (C=O) groups excluding carboxylic acids is 1. The molecule has 0 aliphatic heterocycles. The molecule has 0 saturated heterocycles. The van der Waals surface area contributed by atoms with Crippen LogP contribution in [0.5, 0.6) is 5.75 Å². The van der Waals surface area contributed by atoms with E-state index in [1.165, 1.54) is 41.7 Å². The Morgan fingerprint density at radius 3 is 2.42 bits per heavy atom. The molecule has 0 fully saturated rings. The van der Waals surface area contributed by atoms with Crippen molar-refractivity contribution in [3.05, 3.63) is 82.9 Å². The number of nitrogens with two attached hydrogens (primary N) is 1. The molecule has 36 heavy (non-hydrogen) atoms. The summed E-state index contributed by atoms with van der Waals surface area (Å²) in [5.74, 6) is 0.980. The third-order valence-electron chi connectivity index (χ3n) is 5.48. The molecule has 182 valence electrons. The van der Waals surface area contributed by atoms with Gasteiger partial charge in [0, 0.05) is 22.6 Å². The first-order valence-corrected chi connectivity index (χ1v) is 13.0. The molecule has 3 N–H and O–H groups in total. The van der Waals surface area contributed by atoms with Crippen LogP contribution in [0, 0.1) is 6.92 Å². The molecule has 3 aromatic heterocycles. The van der Waals surface area contributed by atoms with Gasteiger partial charge < -0.3 is 15.0 Å². The Morgan fingerprint density at radius 2 is 1.78 bits per heavy atom. The third-order valence-corrected chi connectivity index (χ3v) is 7.96. The molecule has 0 spiro atoms. The maximum Gasteiger partial charge on any atom is 0.263 e. The number of hydrogen-bond donors (Lipinski definition) is 2. The molecule has 0 radical (unpaired) electrons. The zero-order valence-electron chi connectivity index (χ0n) is 19.2. The zero-order valence-corrected chi connectivity index (χ0v) is 20.8. The fourth-order valence-corrected chi connectivity index (χ4v) is 5.66. The lowest BCUT2D eigenvalue weighted by Crippen LogP contribution is -2.13. The van der Waals surface area contributed by atoms with Gasteiger partial charge in [-0.1, -0.05) is 5.16 Å². The number of pyridine rings is 1. The molecule has 0 unspecified atom stereocenters. The highest BCUT2D eigenvalue weighted by Crippen LogP contribution is 2.36. The Hall–Kier alpha value is -4.22. The van der Waals surface area contributed by atoms with Crippen molar-refractivity contribution in [2.75, 3.05) is 17.6 Å². The summed E-state index contributed by atoms with van der Waals surface area (Å²) in [6, 6.07) is 18.3. The summed E-state index contributed by atoms with van der Waals surface area (Å²) in [5.41, 5.74) is 8.60. The van der Waals surface area contributed by atoms with Gasteiger partial charge in [0.1, 0.15) is 21.2 Å². The van der Waals surface area contributed by atoms with E-state index in [2.05, 4.69) is 9.88 Å². The first-order chi connectivity index (χ1) is 17.2. The lowest BCUT2D eigenvalue weighted by atomic mass is 10.1. The monoisotopic (exact) mass is 520 g/mol. The maximum atomic E-state index is 13.2. The fraction of sp³-hybridized carbons (Fsp3) is 0.0800. The number of hydrogen-bond acceptors (Lipinski definition) is 9. The molecular weight excluding hydrogens is 500 g/mol. The van der Waals surface area contributed by atoms with Crippen molar-refractivity contribution in [1.29, 1.82) is 0 Å². The van der Waals surface area contributed by atoms with Crippen LogP contribution < -0.4 is 15.2 Å². The number of aromatic nitrogens is 2. The van der Waals surface area contributed by atoms with Gasteiger partial charge in [0.2, 0.25) is 5.78 Å². The summed E-state index contributed by atoms with van der Waals surface area (Å²) < 4.78 is 37.6. The van der Waals surface area contributed by atoms with Crippen molar-refractivity contribution in [3.63, 3.8) is 0 Å². The van der Waals surface area contributed by atoms with Gasteiger partial charge in [0.05, 0.1) is 23.4 Å². The number of anilines is 2. The number of ketones is 1. The van der Waals surface area contributed by atoms with Gasteiger partial charge in [-0.05, 0) is 67.6 Å². The summed E-state index contributed by atoms with van der Waals surface area (Å²) >= 11 is 1.20. The van der Waals surface area contributed by atoms with Crippen LogP contribution in [0.15, 0.2) is 76.1 Å². The van der Waals surface area contributed by atoms with Crippen molar-refractivity contribution in [2.45, 2.75) is 11.8 Å². The van der Waals surface area contributed by atoms with Gasteiger partial charge in [-0.3, -0.25) is 9.52 Å². The van der Waals surface area contributed by atoms with Gasteiger partial charge in [-0.15, -0.1) is 11.3 Å². The molecule has 0 amide bonds. The van der Waals surface area contributed by atoms with Crippen LogP contribution in [0.1, 0.15) is 21.0 Å². The van der Waals surface area contributed by atoms with Crippen molar-refractivity contribution >= 4 is 48.9 Å². The predicted octanol–water partition coefficient (Wildman–Crippen LogP) is 4.88. The molecule has 5 rings (SSSR count). The van der Waals surface area contributed by atoms with Gasteiger partial charge in [0.25, 0.3) is 10.0 Å². The second-order valence-corrected chi connectivity index (χ2v) is 10.6. The van der Waals surface area contributed by atoms with Crippen LogP contribution in [0.4, 0.5) is 11.5 Å². The number of nitrogens with one attached hydrogen (secondary N) is 1. The quantitative estimate of drug-likeness (QED) is 0.290. The lowest BCUT2D eigenvalue weighted by Gasteiger charge is -2.06. The molecular formula is C25H20N4O5S2. The van der Waals surface area contributed by atoms with Gasteiger partial charge in [-0.2, -0.15) is 0 Å². The highest BCUT2D eigenvalue weighted by atomic mass is 32.2. The summed E-state index contributed by atoms with van der Waals surface area (Å²) in [4.78, 5) is 18.9. The standard InChI is InChI=1S/C25H20N4O5S2/c1-14-13-21(28-34-14)29-36(31,32)18-9-5-16(6-10-18)23(30)24-22(26)19-11-12-20(27-25(19)35-24)15-3-7-17(33-2)8-4-15/h3-13H,26H2,1-2H3,(H,28,29). The number of thiophene rings is 1. The molecule has 0 aliphatic carbocycles. The van der Waals surface area contributed by atoms with Crippen molar-refractivity contribution in [3.8, 4) is 17.0 Å². The van der Waals surface area contributed by atoms with E-state index < -0.39 is 10.0 Å². The number of nitrogens with zero attached hydrogens (tertiary/aromatic N) is 2. The Kier molecular flexibility index (Phi) is 5.94. The summed E-state index contributed by atoms with van der Waals surface area (Å²) in [6.45, 7) is 1.65. The summed E-state index contributed by atoms with van der Waals surface area (Å²) in [6.07, 6.45) is 0. The fourth-order valence-electron chi connectivity index (χ4n) is 3.62. The molecule has 2 aromatic carbocycles. The minimum Gasteiger partial charge on any atom is -0.497 e. The topological polar surface area (TPSA) is 137 Å². The number of benzene rings is 2. The van der Waals surface area contributed by atoms with Crippen molar-refractivity contribution in [2.24, 2.45) is 0 Å². The number of rotatable bonds is 7. The second kappa shape index (κ2) is 9.10.